The molecule has 10 nitrogen and oxygen atoms in total. The number of carboxylic acids is 1. The maximum atomic E-state index is 13.3. The zero-order chi connectivity index (χ0) is 24.9. The van der Waals surface area contributed by atoms with Gasteiger partial charge in [-0.25, -0.2) is 4.79 Å². The zero-order valence-corrected chi connectivity index (χ0v) is 19.6. The van der Waals surface area contributed by atoms with Gasteiger partial charge in [0.05, 0.1) is 0 Å². The highest BCUT2D eigenvalue weighted by atomic mass is 16.6. The maximum Gasteiger partial charge on any atom is 0.504 e. The van der Waals surface area contributed by atoms with Crippen molar-refractivity contribution in [3.8, 4) is 17.1 Å². The number of nitrogens with one attached hydrogen (secondary N) is 1. The van der Waals surface area contributed by atoms with Crippen molar-refractivity contribution in [1.82, 2.24) is 25.0 Å². The molecule has 0 bridgehead atoms. The van der Waals surface area contributed by atoms with Gasteiger partial charge in [0, 0.05) is 32.5 Å². The fourth-order valence-electron chi connectivity index (χ4n) is 4.03. The third-order valence-electron chi connectivity index (χ3n) is 5.85. The molecular formula is C25H28N5O5+. The van der Waals surface area contributed by atoms with Gasteiger partial charge in [-0.3, -0.25) is 9.36 Å². The fraction of sp³-hybridized carbons (Fsp3) is 0.320. The molecule has 3 N–H and O–H groups in total. The number of aryl methyl sites for hydroxylation is 1. The second kappa shape index (κ2) is 10.4. The first-order valence-electron chi connectivity index (χ1n) is 11.4. The number of aliphatic hydroxyl groups excluding tert-OH is 1. The van der Waals surface area contributed by atoms with E-state index in [-0.39, 0.29) is 12.3 Å². The molecule has 0 fully saturated rings. The second-order valence-electron chi connectivity index (χ2n) is 8.61. The monoisotopic (exact) mass is 478 g/mol. The first-order valence-corrected chi connectivity index (χ1v) is 11.4. The molecule has 1 aliphatic heterocycles. The van der Waals surface area contributed by atoms with E-state index in [0.717, 1.165) is 29.8 Å². The van der Waals surface area contributed by atoms with Gasteiger partial charge in [0.1, 0.15) is 17.6 Å². The van der Waals surface area contributed by atoms with Crippen LogP contribution in [0.4, 0.5) is 4.79 Å². The lowest BCUT2D eigenvalue weighted by atomic mass is 10.0. The van der Waals surface area contributed by atoms with Crippen molar-refractivity contribution in [2.45, 2.75) is 37.8 Å². The molecule has 0 saturated heterocycles. The maximum absolute atomic E-state index is 13.3. The van der Waals surface area contributed by atoms with Crippen molar-refractivity contribution in [3.05, 3.63) is 66.0 Å². The van der Waals surface area contributed by atoms with E-state index >= 15 is 0 Å². The molecule has 0 saturated carbocycles. The Labute approximate surface area is 202 Å². The number of carboxylic acid groups (broad SMARTS) is 1. The van der Waals surface area contributed by atoms with E-state index in [1.807, 2.05) is 34.9 Å². The summed E-state index contributed by atoms with van der Waals surface area (Å²) in [6.07, 6.45) is 1.72. The summed E-state index contributed by atoms with van der Waals surface area (Å²) in [7, 11) is 3.17. The van der Waals surface area contributed by atoms with Crippen LogP contribution in [0, 0.1) is 0 Å². The van der Waals surface area contributed by atoms with Crippen LogP contribution in [0.3, 0.4) is 0 Å². The molecule has 4 rings (SSSR count). The molecule has 1 aliphatic rings. The van der Waals surface area contributed by atoms with E-state index in [4.69, 9.17) is 4.74 Å². The Morgan fingerprint density at radius 1 is 1.17 bits per heavy atom. The Bertz CT molecular complexity index is 1210. The Morgan fingerprint density at radius 3 is 2.54 bits per heavy atom. The van der Waals surface area contributed by atoms with Crippen LogP contribution in [0.1, 0.15) is 30.3 Å². The summed E-state index contributed by atoms with van der Waals surface area (Å²) in [4.78, 5) is 36.2. The number of fused-ring (bicyclic) bond motifs is 1. The summed E-state index contributed by atoms with van der Waals surface area (Å²) in [5.74, 6) is 0.472. The lowest BCUT2D eigenvalue weighted by molar-refractivity contribution is -0.125. The number of hydrogen-bond acceptors (Lipinski definition) is 5. The van der Waals surface area contributed by atoms with Crippen LogP contribution in [-0.2, 0) is 17.6 Å². The minimum atomic E-state index is -1.01. The molecule has 1 unspecified atom stereocenters. The minimum absolute atomic E-state index is 0.142. The molecule has 0 spiro atoms. The Balaban J connectivity index is 1.49. The number of amides is 2. The highest BCUT2D eigenvalue weighted by molar-refractivity contribution is 5.87. The van der Waals surface area contributed by atoms with Crippen molar-refractivity contribution < 1.29 is 24.2 Å². The molecule has 182 valence electrons. The first-order chi connectivity index (χ1) is 16.8. The van der Waals surface area contributed by atoms with Gasteiger partial charge in [0.25, 0.3) is 0 Å². The first kappa shape index (κ1) is 23.9. The number of carbonyl (C=O) groups is 2. The molecule has 35 heavy (non-hydrogen) atoms. The topological polar surface area (TPSA) is 131 Å². The molecule has 2 amide bonds. The number of hydrogen-bond donors (Lipinski definition) is 2. The van der Waals surface area contributed by atoms with E-state index in [9.17, 15) is 19.5 Å². The predicted molar refractivity (Wildman–Crippen MR) is 129 cm³/mol. The fourth-order valence-corrected chi connectivity index (χ4v) is 4.03. The predicted octanol–water partition coefficient (Wildman–Crippen LogP) is 2.67. The van der Waals surface area contributed by atoms with Crippen molar-refractivity contribution in [2.75, 3.05) is 14.1 Å². The van der Waals surface area contributed by atoms with Gasteiger partial charge in [-0.05, 0) is 30.5 Å². The lowest BCUT2D eigenvalue weighted by Crippen LogP contribution is -2.46. The normalized spacial score (nSPS) is 15.5. The molecular weight excluding hydrogens is 450 g/mol. The molecule has 0 radical (unpaired) electrons. The molecule has 10 heteroatoms. The van der Waals surface area contributed by atoms with Crippen LogP contribution >= 0.6 is 0 Å². The van der Waals surface area contributed by atoms with Gasteiger partial charge in [0.15, 0.2) is 11.9 Å². The molecule has 3 aromatic rings. The summed E-state index contributed by atoms with van der Waals surface area (Å²) < 4.78 is 7.04. The minimum Gasteiger partial charge on any atom is -0.410 e. The van der Waals surface area contributed by atoms with Crippen molar-refractivity contribution >= 4 is 18.0 Å². The van der Waals surface area contributed by atoms with Crippen LogP contribution < -0.4 is 10.1 Å². The highest BCUT2D eigenvalue weighted by Crippen LogP contribution is 2.30. The van der Waals surface area contributed by atoms with Gasteiger partial charge in [-0.1, -0.05) is 42.5 Å². The van der Waals surface area contributed by atoms with E-state index in [1.54, 1.807) is 38.4 Å². The Hall–Kier alpha value is -4.21. The molecule has 2 atom stereocenters. The summed E-state index contributed by atoms with van der Waals surface area (Å²) >= 11 is 0. The third-order valence-corrected chi connectivity index (χ3v) is 5.85. The number of rotatable bonds is 7. The van der Waals surface area contributed by atoms with Gasteiger partial charge in [0.2, 0.25) is 5.91 Å². The quantitative estimate of drug-likeness (QED) is 0.502. The summed E-state index contributed by atoms with van der Waals surface area (Å²) in [5.41, 5.74) is 1.58. The second-order valence-corrected chi connectivity index (χ2v) is 8.61. The summed E-state index contributed by atoms with van der Waals surface area (Å²) in [6, 6.07) is 14.6. The molecule has 0 aliphatic carbocycles. The molecule has 2 aromatic carbocycles. The number of benzene rings is 2. The number of nitrogens with zero attached hydrogens (tertiary/aromatic N) is 4. The van der Waals surface area contributed by atoms with Crippen LogP contribution in [0.15, 0.2) is 54.6 Å². The molecule has 2 heterocycles. The van der Waals surface area contributed by atoms with Crippen LogP contribution in [-0.4, -0.2) is 67.7 Å². The standard InChI is InChI=1S/C25H27N5O5/c1-29(2)25(34)35-18-13-11-16(12-14-18)15-19(24(32)33)26-23(31)20-9-6-10-21-27-28-22(30(20)21)17-7-4-3-5-8-17/h3-5,7-8,11-14,19-20H,6,9-10,15H2,1-2H3,(H,26,31)(H,32,33)/p+1/t19-,20?/m0/s1. The van der Waals surface area contributed by atoms with E-state index < -0.39 is 24.1 Å². The summed E-state index contributed by atoms with van der Waals surface area (Å²) in [5, 5.41) is 21.2. The van der Waals surface area contributed by atoms with Gasteiger partial charge >= 0.3 is 12.1 Å². The van der Waals surface area contributed by atoms with Crippen molar-refractivity contribution in [1.29, 1.82) is 0 Å². The van der Waals surface area contributed by atoms with Crippen LogP contribution in [0.25, 0.3) is 11.4 Å². The van der Waals surface area contributed by atoms with Gasteiger partial charge in [-0.15, -0.1) is 10.2 Å². The average Bonchev–Trinajstić information content (AvgIpc) is 3.29. The Morgan fingerprint density at radius 2 is 1.89 bits per heavy atom. The number of ether oxygens (including phenoxy) is 1. The molecule has 1 aromatic heterocycles. The lowest BCUT2D eigenvalue weighted by Gasteiger charge is -2.26. The van der Waals surface area contributed by atoms with Gasteiger partial charge < -0.3 is 24.9 Å². The largest absolute Gasteiger partial charge is 0.504 e. The summed E-state index contributed by atoms with van der Waals surface area (Å²) in [6.45, 7) is 0. The zero-order valence-electron chi connectivity index (χ0n) is 19.6. The van der Waals surface area contributed by atoms with Crippen molar-refractivity contribution in [2.24, 2.45) is 0 Å². The Kier molecular flexibility index (Phi) is 7.09. The third kappa shape index (κ3) is 5.48. The SMILES string of the molecule is CN(C)C(=O)Oc1ccc(C[C@H](NC(=O)C2CCCc3nnc(-c4ccccc4)n32)C(O)=[OH+])cc1. The van der Waals surface area contributed by atoms with E-state index in [2.05, 4.69) is 15.5 Å². The van der Waals surface area contributed by atoms with Gasteiger partial charge in [-0.2, -0.15) is 0 Å². The number of aliphatic carboxylic acids is 1. The number of carbonyl (C=O) groups excluding carboxylic acids is 2. The van der Waals surface area contributed by atoms with Crippen LogP contribution in [0.2, 0.25) is 0 Å². The van der Waals surface area contributed by atoms with E-state index in [1.165, 1.54) is 4.90 Å². The van der Waals surface area contributed by atoms with Crippen LogP contribution in [0.5, 0.6) is 5.75 Å². The highest BCUT2D eigenvalue weighted by Gasteiger charge is 2.34. The van der Waals surface area contributed by atoms with Crippen molar-refractivity contribution in [3.63, 3.8) is 0 Å². The van der Waals surface area contributed by atoms with E-state index in [0.29, 0.717) is 18.0 Å². The average molecular weight is 479 g/mol. The number of aromatic nitrogens is 3. The smallest absolute Gasteiger partial charge is 0.410 e.